The molecular formula is C8H8N4O2. The van der Waals surface area contributed by atoms with Crippen LogP contribution in [0.1, 0.15) is 10.5 Å². The Morgan fingerprint density at radius 2 is 2.36 bits per heavy atom. The summed E-state index contributed by atoms with van der Waals surface area (Å²) in [6.45, 7) is 0. The first-order chi connectivity index (χ1) is 6.83. The molecule has 14 heavy (non-hydrogen) atoms. The van der Waals surface area contributed by atoms with Gasteiger partial charge in [-0.05, 0) is 6.07 Å². The van der Waals surface area contributed by atoms with Gasteiger partial charge in [-0.3, -0.25) is 0 Å². The lowest BCUT2D eigenvalue weighted by molar-refractivity contribution is 0.0595. The van der Waals surface area contributed by atoms with Gasteiger partial charge < -0.3 is 9.72 Å². The van der Waals surface area contributed by atoms with Crippen molar-refractivity contribution < 1.29 is 9.53 Å². The van der Waals surface area contributed by atoms with Gasteiger partial charge in [0.05, 0.1) is 7.11 Å². The average molecular weight is 192 g/mol. The summed E-state index contributed by atoms with van der Waals surface area (Å²) in [5.41, 5.74) is 1.46. The van der Waals surface area contributed by atoms with Crippen LogP contribution in [0, 0.1) is 0 Å². The molecule has 0 bridgehead atoms. The number of carbonyl (C=O) groups is 1. The summed E-state index contributed by atoms with van der Waals surface area (Å²) in [5, 5.41) is 9.98. The molecule has 2 rings (SSSR count). The van der Waals surface area contributed by atoms with Crippen LogP contribution in [0.5, 0.6) is 0 Å². The minimum atomic E-state index is -0.505. The fraction of sp³-hybridized carbons (Fsp3) is 0.125. The fourth-order valence-corrected chi connectivity index (χ4v) is 1.14. The van der Waals surface area contributed by atoms with Crippen LogP contribution in [-0.4, -0.2) is 33.5 Å². The zero-order valence-corrected chi connectivity index (χ0v) is 7.44. The van der Waals surface area contributed by atoms with Gasteiger partial charge >= 0.3 is 5.97 Å². The standard InChI is InChI=1S/C8H8N4O2/c1-14-8(13)7-6(10-12-11-7)5-2-3-9-4-5/h2-4,9H,1H3,(H,10,11,12). The number of esters is 1. The van der Waals surface area contributed by atoms with Gasteiger partial charge in [-0.25, -0.2) is 4.79 Å². The monoisotopic (exact) mass is 192 g/mol. The SMILES string of the molecule is COC(=O)c1n[nH]nc1-c1cc[nH]c1. The highest BCUT2D eigenvalue weighted by Crippen LogP contribution is 2.18. The van der Waals surface area contributed by atoms with Crippen LogP contribution in [0.15, 0.2) is 18.5 Å². The van der Waals surface area contributed by atoms with Crippen LogP contribution >= 0.6 is 0 Å². The molecule has 2 aromatic heterocycles. The third-order valence-electron chi connectivity index (χ3n) is 1.80. The molecule has 0 fully saturated rings. The molecule has 6 nitrogen and oxygen atoms in total. The van der Waals surface area contributed by atoms with Gasteiger partial charge in [0.25, 0.3) is 0 Å². The highest BCUT2D eigenvalue weighted by molar-refractivity contribution is 5.93. The predicted octanol–water partition coefficient (Wildman–Crippen LogP) is 0.586. The van der Waals surface area contributed by atoms with E-state index in [0.29, 0.717) is 5.69 Å². The molecule has 0 amide bonds. The molecule has 0 unspecified atom stereocenters. The largest absolute Gasteiger partial charge is 0.464 e. The first-order valence-corrected chi connectivity index (χ1v) is 3.95. The van der Waals surface area contributed by atoms with E-state index < -0.39 is 5.97 Å². The number of aromatic amines is 2. The number of rotatable bonds is 2. The van der Waals surface area contributed by atoms with Crippen LogP contribution in [-0.2, 0) is 4.74 Å². The van der Waals surface area contributed by atoms with Gasteiger partial charge in [-0.15, -0.1) is 5.10 Å². The van der Waals surface area contributed by atoms with Gasteiger partial charge in [0.2, 0.25) is 0 Å². The number of ether oxygens (including phenoxy) is 1. The van der Waals surface area contributed by atoms with Crippen LogP contribution in [0.25, 0.3) is 11.3 Å². The van der Waals surface area contributed by atoms with Crippen LogP contribution in [0.2, 0.25) is 0 Å². The van der Waals surface area contributed by atoms with Crippen molar-refractivity contribution in [2.45, 2.75) is 0 Å². The van der Waals surface area contributed by atoms with Crippen molar-refractivity contribution in [3.05, 3.63) is 24.2 Å². The molecule has 0 atom stereocenters. The minimum absolute atomic E-state index is 0.187. The molecule has 0 spiro atoms. The summed E-state index contributed by atoms with van der Waals surface area (Å²) >= 11 is 0. The molecule has 0 aliphatic heterocycles. The van der Waals surface area contributed by atoms with E-state index in [1.807, 2.05) is 0 Å². The Bertz CT molecular complexity index is 432. The molecular weight excluding hydrogens is 184 g/mol. The van der Waals surface area contributed by atoms with Crippen molar-refractivity contribution in [1.29, 1.82) is 0 Å². The highest BCUT2D eigenvalue weighted by Gasteiger charge is 2.18. The minimum Gasteiger partial charge on any atom is -0.464 e. The van der Waals surface area contributed by atoms with E-state index in [2.05, 4.69) is 25.1 Å². The molecule has 0 aliphatic carbocycles. The second-order valence-electron chi connectivity index (χ2n) is 2.61. The van der Waals surface area contributed by atoms with E-state index in [9.17, 15) is 4.79 Å². The Hall–Kier alpha value is -2.11. The topological polar surface area (TPSA) is 83.7 Å². The molecule has 0 aliphatic rings. The van der Waals surface area contributed by atoms with E-state index in [1.54, 1.807) is 18.5 Å². The van der Waals surface area contributed by atoms with Gasteiger partial charge in [0, 0.05) is 18.0 Å². The highest BCUT2D eigenvalue weighted by atomic mass is 16.5. The van der Waals surface area contributed by atoms with Gasteiger partial charge in [0.1, 0.15) is 5.69 Å². The lowest BCUT2D eigenvalue weighted by atomic mass is 10.2. The molecule has 2 aromatic rings. The molecule has 0 aromatic carbocycles. The molecule has 2 N–H and O–H groups in total. The van der Waals surface area contributed by atoms with Crippen LogP contribution in [0.3, 0.4) is 0 Å². The predicted molar refractivity (Wildman–Crippen MR) is 47.5 cm³/mol. The molecule has 72 valence electrons. The van der Waals surface area contributed by atoms with Crippen LogP contribution < -0.4 is 0 Å². The molecule has 0 saturated carbocycles. The molecule has 6 heteroatoms. The number of nitrogens with zero attached hydrogens (tertiary/aromatic N) is 2. The normalized spacial score (nSPS) is 10.1. The van der Waals surface area contributed by atoms with Gasteiger partial charge in [-0.1, -0.05) is 0 Å². The Kier molecular flexibility index (Phi) is 2.02. The first kappa shape index (κ1) is 8.49. The zero-order chi connectivity index (χ0) is 9.97. The van der Waals surface area contributed by atoms with Crippen molar-refractivity contribution in [1.82, 2.24) is 20.4 Å². The Balaban J connectivity index is 2.45. The Morgan fingerprint density at radius 1 is 1.50 bits per heavy atom. The summed E-state index contributed by atoms with van der Waals surface area (Å²) < 4.78 is 4.56. The maximum absolute atomic E-state index is 11.2. The van der Waals surface area contributed by atoms with E-state index >= 15 is 0 Å². The summed E-state index contributed by atoms with van der Waals surface area (Å²) in [4.78, 5) is 14.1. The van der Waals surface area contributed by atoms with Crippen molar-refractivity contribution in [2.24, 2.45) is 0 Å². The smallest absolute Gasteiger partial charge is 0.360 e. The number of H-pyrrole nitrogens is 2. The average Bonchev–Trinajstić information content (AvgIpc) is 2.85. The number of nitrogens with one attached hydrogen (secondary N) is 2. The quantitative estimate of drug-likeness (QED) is 0.682. The van der Waals surface area contributed by atoms with Gasteiger partial charge in [-0.2, -0.15) is 10.3 Å². The van der Waals surface area contributed by atoms with Crippen LogP contribution in [0.4, 0.5) is 0 Å². The van der Waals surface area contributed by atoms with E-state index in [4.69, 9.17) is 0 Å². The Morgan fingerprint density at radius 3 is 3.00 bits per heavy atom. The van der Waals surface area contributed by atoms with E-state index in [-0.39, 0.29) is 5.69 Å². The summed E-state index contributed by atoms with van der Waals surface area (Å²) in [6.07, 6.45) is 3.47. The van der Waals surface area contributed by atoms with Crippen molar-refractivity contribution in [2.75, 3.05) is 7.11 Å². The second kappa shape index (κ2) is 3.33. The van der Waals surface area contributed by atoms with Crippen molar-refractivity contribution >= 4 is 5.97 Å². The number of hydrogen-bond acceptors (Lipinski definition) is 4. The van der Waals surface area contributed by atoms with Gasteiger partial charge in [0.15, 0.2) is 5.69 Å². The third kappa shape index (κ3) is 1.26. The lowest BCUT2D eigenvalue weighted by Crippen LogP contribution is -2.03. The fourth-order valence-electron chi connectivity index (χ4n) is 1.14. The maximum Gasteiger partial charge on any atom is 0.360 e. The number of methoxy groups -OCH3 is 1. The maximum atomic E-state index is 11.2. The second-order valence-corrected chi connectivity index (χ2v) is 2.61. The molecule has 2 heterocycles. The van der Waals surface area contributed by atoms with E-state index in [1.165, 1.54) is 7.11 Å². The van der Waals surface area contributed by atoms with Crippen molar-refractivity contribution in [3.8, 4) is 11.3 Å². The third-order valence-corrected chi connectivity index (χ3v) is 1.80. The number of hydrogen-bond donors (Lipinski definition) is 2. The Labute approximate surface area is 79.3 Å². The summed E-state index contributed by atoms with van der Waals surface area (Å²) in [5.74, 6) is -0.505. The lowest BCUT2D eigenvalue weighted by Gasteiger charge is -1.95. The van der Waals surface area contributed by atoms with Crippen molar-refractivity contribution in [3.63, 3.8) is 0 Å². The number of carbonyl (C=O) groups excluding carboxylic acids is 1. The summed E-state index contributed by atoms with van der Waals surface area (Å²) in [6, 6.07) is 1.80. The molecule has 0 radical (unpaired) electrons. The molecule has 0 saturated heterocycles. The first-order valence-electron chi connectivity index (χ1n) is 3.95. The zero-order valence-electron chi connectivity index (χ0n) is 7.44. The summed E-state index contributed by atoms with van der Waals surface area (Å²) in [7, 11) is 1.30. The van der Waals surface area contributed by atoms with E-state index in [0.717, 1.165) is 5.56 Å². The number of aromatic nitrogens is 4.